The third-order valence-electron chi connectivity index (χ3n) is 2.64. The van der Waals surface area contributed by atoms with Crippen LogP contribution in [0.5, 0.6) is 0 Å². The van der Waals surface area contributed by atoms with Gasteiger partial charge in [-0.15, -0.1) is 6.42 Å². The fourth-order valence-electron chi connectivity index (χ4n) is 1.56. The second-order valence-corrected chi connectivity index (χ2v) is 5.76. The molecule has 20 heavy (non-hydrogen) atoms. The summed E-state index contributed by atoms with van der Waals surface area (Å²) in [5, 5.41) is 10.7. The van der Waals surface area contributed by atoms with E-state index in [9.17, 15) is 22.9 Å². The standard InChI is InChI=1S/C12H13FN2O4S/c1-4-9(5-2)14-20(18,19)12-7-11(15(16)17)10(13)6-8(12)3/h1,6-7,9,14H,5H2,2-3H3. The fourth-order valence-corrected chi connectivity index (χ4v) is 3.04. The van der Waals surface area contributed by atoms with Crippen molar-refractivity contribution < 1.29 is 17.7 Å². The van der Waals surface area contributed by atoms with E-state index in [1.54, 1.807) is 6.92 Å². The molecule has 0 aromatic heterocycles. The number of nitro benzene ring substituents is 1. The summed E-state index contributed by atoms with van der Waals surface area (Å²) in [5.74, 6) is 1.16. The maximum atomic E-state index is 13.4. The Balaban J connectivity index is 3.36. The molecule has 108 valence electrons. The maximum absolute atomic E-state index is 13.4. The van der Waals surface area contributed by atoms with Gasteiger partial charge in [0.1, 0.15) is 0 Å². The zero-order chi connectivity index (χ0) is 15.5. The summed E-state index contributed by atoms with van der Waals surface area (Å²) in [4.78, 5) is 9.32. The lowest BCUT2D eigenvalue weighted by Crippen LogP contribution is -2.33. The zero-order valence-corrected chi connectivity index (χ0v) is 11.7. The van der Waals surface area contributed by atoms with E-state index in [1.165, 1.54) is 6.92 Å². The maximum Gasteiger partial charge on any atom is 0.306 e. The van der Waals surface area contributed by atoms with Crippen molar-refractivity contribution in [1.29, 1.82) is 0 Å². The van der Waals surface area contributed by atoms with E-state index in [0.29, 0.717) is 12.5 Å². The molecule has 1 aromatic carbocycles. The molecule has 0 amide bonds. The van der Waals surface area contributed by atoms with E-state index >= 15 is 0 Å². The molecule has 1 unspecified atom stereocenters. The van der Waals surface area contributed by atoms with Crippen LogP contribution >= 0.6 is 0 Å². The summed E-state index contributed by atoms with van der Waals surface area (Å²) in [6.45, 7) is 3.03. The Labute approximate surface area is 116 Å². The van der Waals surface area contributed by atoms with Crippen LogP contribution in [0.15, 0.2) is 17.0 Å². The van der Waals surface area contributed by atoms with Crippen molar-refractivity contribution >= 4 is 15.7 Å². The van der Waals surface area contributed by atoms with Crippen LogP contribution in [0.2, 0.25) is 0 Å². The summed E-state index contributed by atoms with van der Waals surface area (Å²) in [5.41, 5.74) is -0.836. The number of halogens is 1. The molecule has 0 saturated heterocycles. The van der Waals surface area contributed by atoms with Gasteiger partial charge in [0, 0.05) is 6.07 Å². The first-order valence-corrected chi connectivity index (χ1v) is 7.14. The Morgan fingerprint density at radius 3 is 2.60 bits per heavy atom. The molecule has 6 nitrogen and oxygen atoms in total. The molecule has 0 aliphatic heterocycles. The van der Waals surface area contributed by atoms with Crippen molar-refractivity contribution in [1.82, 2.24) is 4.72 Å². The Bertz CT molecular complexity index is 679. The van der Waals surface area contributed by atoms with Crippen molar-refractivity contribution in [2.75, 3.05) is 0 Å². The molecule has 1 atom stereocenters. The van der Waals surface area contributed by atoms with Gasteiger partial charge in [-0.25, -0.2) is 8.42 Å². The predicted octanol–water partition coefficient (Wildman–Crippen LogP) is 1.73. The van der Waals surface area contributed by atoms with Crippen molar-refractivity contribution in [2.45, 2.75) is 31.2 Å². The molecule has 0 heterocycles. The van der Waals surface area contributed by atoms with Crippen LogP contribution in [0.1, 0.15) is 18.9 Å². The summed E-state index contributed by atoms with van der Waals surface area (Å²) >= 11 is 0. The summed E-state index contributed by atoms with van der Waals surface area (Å²) in [6, 6.07) is 0.767. The third-order valence-corrected chi connectivity index (χ3v) is 4.25. The van der Waals surface area contributed by atoms with Gasteiger partial charge in [0.2, 0.25) is 15.8 Å². The van der Waals surface area contributed by atoms with Gasteiger partial charge in [0.25, 0.3) is 0 Å². The highest BCUT2D eigenvalue weighted by molar-refractivity contribution is 7.89. The van der Waals surface area contributed by atoms with Crippen LogP contribution in [-0.4, -0.2) is 19.4 Å². The van der Waals surface area contributed by atoms with E-state index in [1.807, 2.05) is 0 Å². The average Bonchev–Trinajstić information content (AvgIpc) is 2.35. The molecule has 0 aliphatic carbocycles. The average molecular weight is 300 g/mol. The Kier molecular flexibility index (Phi) is 4.81. The molecule has 0 radical (unpaired) electrons. The van der Waals surface area contributed by atoms with Crippen LogP contribution < -0.4 is 4.72 Å². The molecule has 0 fully saturated rings. The number of hydrogen-bond donors (Lipinski definition) is 1. The number of nitro groups is 1. The molecular weight excluding hydrogens is 287 g/mol. The van der Waals surface area contributed by atoms with E-state index in [4.69, 9.17) is 6.42 Å². The van der Waals surface area contributed by atoms with Gasteiger partial charge in [0.05, 0.1) is 15.9 Å². The number of benzene rings is 1. The van der Waals surface area contributed by atoms with Crippen molar-refractivity contribution in [3.63, 3.8) is 0 Å². The SMILES string of the molecule is C#CC(CC)NS(=O)(=O)c1cc([N+](=O)[O-])c(F)cc1C. The highest BCUT2D eigenvalue weighted by Crippen LogP contribution is 2.25. The first-order chi connectivity index (χ1) is 9.22. The minimum atomic E-state index is -4.05. The highest BCUT2D eigenvalue weighted by atomic mass is 32.2. The second kappa shape index (κ2) is 5.98. The van der Waals surface area contributed by atoms with Gasteiger partial charge in [-0.2, -0.15) is 9.11 Å². The fraction of sp³-hybridized carbons (Fsp3) is 0.333. The second-order valence-electron chi connectivity index (χ2n) is 4.08. The van der Waals surface area contributed by atoms with E-state index in [2.05, 4.69) is 10.6 Å². The van der Waals surface area contributed by atoms with Gasteiger partial charge in [-0.05, 0) is 25.0 Å². The number of aryl methyl sites for hydroxylation is 1. The summed E-state index contributed by atoms with van der Waals surface area (Å²) < 4.78 is 39.8. The lowest BCUT2D eigenvalue weighted by molar-refractivity contribution is -0.387. The molecular formula is C12H13FN2O4S. The van der Waals surface area contributed by atoms with Gasteiger partial charge in [-0.3, -0.25) is 10.1 Å². The lowest BCUT2D eigenvalue weighted by Gasteiger charge is -2.13. The van der Waals surface area contributed by atoms with Crippen molar-refractivity contribution in [3.05, 3.63) is 33.6 Å². The molecule has 0 saturated carbocycles. The van der Waals surface area contributed by atoms with E-state index in [0.717, 1.165) is 6.07 Å². The number of nitrogens with one attached hydrogen (secondary N) is 1. The van der Waals surface area contributed by atoms with Crippen molar-refractivity contribution in [3.8, 4) is 12.3 Å². The predicted molar refractivity (Wildman–Crippen MR) is 71.0 cm³/mol. The number of rotatable bonds is 5. The zero-order valence-electron chi connectivity index (χ0n) is 10.9. The molecule has 1 N–H and O–H groups in total. The number of sulfonamides is 1. The quantitative estimate of drug-likeness (QED) is 0.509. The highest BCUT2D eigenvalue weighted by Gasteiger charge is 2.25. The minimum absolute atomic E-state index is 0.0625. The van der Waals surface area contributed by atoms with Gasteiger partial charge < -0.3 is 0 Å². The Morgan fingerprint density at radius 2 is 2.15 bits per heavy atom. The minimum Gasteiger partial charge on any atom is -0.258 e. The van der Waals surface area contributed by atoms with Crippen LogP contribution in [0, 0.1) is 35.2 Å². The van der Waals surface area contributed by atoms with Crippen LogP contribution in [0.3, 0.4) is 0 Å². The number of hydrogen-bond acceptors (Lipinski definition) is 4. The summed E-state index contributed by atoms with van der Waals surface area (Å²) in [6.07, 6.45) is 5.52. The Morgan fingerprint density at radius 1 is 1.55 bits per heavy atom. The third kappa shape index (κ3) is 3.31. The van der Waals surface area contributed by atoms with Gasteiger partial charge >= 0.3 is 5.69 Å². The Hall–Kier alpha value is -1.98. The first kappa shape index (κ1) is 16.1. The number of terminal acetylenes is 1. The number of nitrogens with zero attached hydrogens (tertiary/aromatic N) is 1. The van der Waals surface area contributed by atoms with E-state index in [-0.39, 0.29) is 10.5 Å². The monoisotopic (exact) mass is 300 g/mol. The molecule has 0 bridgehead atoms. The molecule has 1 aromatic rings. The van der Waals surface area contributed by atoms with Crippen LogP contribution in [-0.2, 0) is 10.0 Å². The van der Waals surface area contributed by atoms with Gasteiger partial charge in [-0.1, -0.05) is 12.8 Å². The normalized spacial score (nSPS) is 12.7. The lowest BCUT2D eigenvalue weighted by atomic mass is 10.2. The van der Waals surface area contributed by atoms with E-state index < -0.39 is 32.5 Å². The smallest absolute Gasteiger partial charge is 0.258 e. The van der Waals surface area contributed by atoms with Crippen LogP contribution in [0.25, 0.3) is 0 Å². The molecule has 0 aliphatic rings. The molecule has 0 spiro atoms. The topological polar surface area (TPSA) is 89.3 Å². The largest absolute Gasteiger partial charge is 0.306 e. The van der Waals surface area contributed by atoms with Crippen molar-refractivity contribution in [2.24, 2.45) is 0 Å². The molecule has 1 rings (SSSR count). The van der Waals surface area contributed by atoms with Gasteiger partial charge in [0.15, 0.2) is 0 Å². The van der Waals surface area contributed by atoms with Crippen LogP contribution in [0.4, 0.5) is 10.1 Å². The summed E-state index contributed by atoms with van der Waals surface area (Å²) in [7, 11) is -4.05. The first-order valence-electron chi connectivity index (χ1n) is 5.66. The molecule has 8 heteroatoms.